The Balaban J connectivity index is 1.37. The Hall–Kier alpha value is -5.21. The Bertz CT molecular complexity index is 1820. The number of non-ortho nitro benzene ring substituents is 1. The summed E-state index contributed by atoms with van der Waals surface area (Å²) in [6, 6.07) is 37.6. The van der Waals surface area contributed by atoms with Crippen LogP contribution in [0.4, 0.5) is 11.4 Å². The molecule has 0 atom stereocenters. The zero-order chi connectivity index (χ0) is 28.9. The number of thioether (sulfide) groups is 1. The molecule has 0 N–H and O–H groups in total. The maximum absolute atomic E-state index is 13.9. The summed E-state index contributed by atoms with van der Waals surface area (Å²) in [5, 5.41) is 13.6. The number of rotatable bonds is 8. The minimum atomic E-state index is -0.426. The number of amides is 1. The molecule has 7 nitrogen and oxygen atoms in total. The van der Waals surface area contributed by atoms with Gasteiger partial charge in [0, 0.05) is 17.7 Å². The SMILES string of the molecule is O=C1/C(=C\c2c(OCc3ccc([N+](=O)[O-])cc3)ccc3ccccc23)SC(=Nc2ccccc2)N1Cc1ccccc1. The van der Waals surface area contributed by atoms with Crippen LogP contribution in [0.5, 0.6) is 5.75 Å². The van der Waals surface area contributed by atoms with Gasteiger partial charge in [-0.25, -0.2) is 4.99 Å². The minimum absolute atomic E-state index is 0.0275. The van der Waals surface area contributed by atoms with Crippen molar-refractivity contribution in [1.82, 2.24) is 4.90 Å². The van der Waals surface area contributed by atoms with Gasteiger partial charge in [0.1, 0.15) is 12.4 Å². The van der Waals surface area contributed by atoms with E-state index >= 15 is 0 Å². The number of para-hydroxylation sites is 1. The monoisotopic (exact) mass is 571 g/mol. The van der Waals surface area contributed by atoms with E-state index in [0.717, 1.165) is 33.2 Å². The van der Waals surface area contributed by atoms with Crippen LogP contribution >= 0.6 is 11.8 Å². The van der Waals surface area contributed by atoms with Crippen LogP contribution in [0, 0.1) is 10.1 Å². The van der Waals surface area contributed by atoms with E-state index in [4.69, 9.17) is 9.73 Å². The maximum Gasteiger partial charge on any atom is 0.269 e. The molecule has 5 aromatic rings. The van der Waals surface area contributed by atoms with Gasteiger partial charge in [-0.05, 0) is 70.1 Å². The molecule has 0 radical (unpaired) electrons. The minimum Gasteiger partial charge on any atom is -0.488 e. The number of aliphatic imine (C=N–C) groups is 1. The highest BCUT2D eigenvalue weighted by molar-refractivity contribution is 8.18. The molecule has 1 heterocycles. The Morgan fingerprint density at radius 1 is 0.810 bits per heavy atom. The number of fused-ring (bicyclic) bond motifs is 1. The first-order valence-corrected chi connectivity index (χ1v) is 14.1. The molecule has 0 aromatic heterocycles. The normalized spacial score (nSPS) is 15.0. The largest absolute Gasteiger partial charge is 0.488 e. The number of nitro groups is 1. The molecule has 1 fully saturated rings. The van der Waals surface area contributed by atoms with E-state index in [0.29, 0.717) is 22.4 Å². The van der Waals surface area contributed by atoms with Gasteiger partial charge < -0.3 is 4.74 Å². The molecule has 5 aromatic carbocycles. The van der Waals surface area contributed by atoms with E-state index in [2.05, 4.69) is 0 Å². The van der Waals surface area contributed by atoms with Crippen molar-refractivity contribution in [1.29, 1.82) is 0 Å². The predicted octanol–water partition coefficient (Wildman–Crippen LogP) is 8.13. The van der Waals surface area contributed by atoms with Crippen molar-refractivity contribution in [2.24, 2.45) is 4.99 Å². The summed E-state index contributed by atoms with van der Waals surface area (Å²) >= 11 is 1.34. The van der Waals surface area contributed by atoms with Gasteiger partial charge in [0.25, 0.3) is 11.6 Å². The van der Waals surface area contributed by atoms with E-state index in [1.54, 1.807) is 17.0 Å². The van der Waals surface area contributed by atoms with E-state index in [1.165, 1.54) is 23.9 Å². The molecule has 1 amide bonds. The van der Waals surface area contributed by atoms with Gasteiger partial charge >= 0.3 is 0 Å². The van der Waals surface area contributed by atoms with E-state index < -0.39 is 4.92 Å². The summed E-state index contributed by atoms with van der Waals surface area (Å²) in [7, 11) is 0. The van der Waals surface area contributed by atoms with Crippen LogP contribution in [-0.2, 0) is 17.9 Å². The summed E-state index contributed by atoms with van der Waals surface area (Å²) in [5.41, 5.74) is 3.38. The molecule has 1 aliphatic rings. The second-order valence-electron chi connectivity index (χ2n) is 9.63. The maximum atomic E-state index is 13.9. The van der Waals surface area contributed by atoms with Crippen LogP contribution < -0.4 is 4.74 Å². The van der Waals surface area contributed by atoms with Crippen LogP contribution in [-0.4, -0.2) is 20.9 Å². The number of nitro benzene ring substituents is 1. The highest BCUT2D eigenvalue weighted by Gasteiger charge is 2.34. The Labute approximate surface area is 246 Å². The van der Waals surface area contributed by atoms with Crippen molar-refractivity contribution in [3.63, 3.8) is 0 Å². The van der Waals surface area contributed by atoms with Crippen molar-refractivity contribution < 1.29 is 14.5 Å². The third-order valence-electron chi connectivity index (χ3n) is 6.80. The number of hydrogen-bond donors (Lipinski definition) is 0. The Kier molecular flexibility index (Phi) is 7.79. The van der Waals surface area contributed by atoms with Gasteiger partial charge in [-0.1, -0.05) is 78.9 Å². The smallest absolute Gasteiger partial charge is 0.269 e. The molecular weight excluding hydrogens is 546 g/mol. The van der Waals surface area contributed by atoms with Crippen LogP contribution in [0.25, 0.3) is 16.8 Å². The molecular formula is C34H25N3O4S. The fourth-order valence-electron chi connectivity index (χ4n) is 4.67. The third-order valence-corrected chi connectivity index (χ3v) is 7.81. The molecule has 0 spiro atoms. The number of carbonyl (C=O) groups excluding carboxylic acids is 1. The topological polar surface area (TPSA) is 85.0 Å². The molecule has 0 unspecified atom stereocenters. The lowest BCUT2D eigenvalue weighted by atomic mass is 10.0. The van der Waals surface area contributed by atoms with E-state index in [1.807, 2.05) is 103 Å². The van der Waals surface area contributed by atoms with Crippen molar-refractivity contribution in [3.8, 4) is 5.75 Å². The second kappa shape index (κ2) is 12.1. The first-order chi connectivity index (χ1) is 20.5. The molecule has 8 heteroatoms. The number of ether oxygens (including phenoxy) is 1. The van der Waals surface area contributed by atoms with Gasteiger partial charge in [-0.3, -0.25) is 19.8 Å². The zero-order valence-corrected chi connectivity index (χ0v) is 23.2. The third kappa shape index (κ3) is 5.94. The number of amidine groups is 1. The molecule has 0 aliphatic carbocycles. The molecule has 42 heavy (non-hydrogen) atoms. The Morgan fingerprint density at radius 3 is 2.24 bits per heavy atom. The molecule has 0 saturated carbocycles. The van der Waals surface area contributed by atoms with Crippen molar-refractivity contribution in [2.45, 2.75) is 13.2 Å². The zero-order valence-electron chi connectivity index (χ0n) is 22.4. The number of benzene rings is 5. The lowest BCUT2D eigenvalue weighted by Crippen LogP contribution is -2.28. The van der Waals surface area contributed by atoms with Gasteiger partial charge in [0.15, 0.2) is 5.17 Å². The lowest BCUT2D eigenvalue weighted by molar-refractivity contribution is -0.384. The summed E-state index contributed by atoms with van der Waals surface area (Å²) in [5.74, 6) is 0.476. The molecule has 0 bridgehead atoms. The fourth-order valence-corrected chi connectivity index (χ4v) is 5.65. The first-order valence-electron chi connectivity index (χ1n) is 13.3. The molecule has 206 valence electrons. The molecule has 6 rings (SSSR count). The average molecular weight is 572 g/mol. The number of carbonyl (C=O) groups is 1. The number of hydrogen-bond acceptors (Lipinski definition) is 6. The van der Waals surface area contributed by atoms with Crippen molar-refractivity contribution in [3.05, 3.63) is 153 Å². The molecule has 1 saturated heterocycles. The standard InChI is InChI=1S/C34H25N3O4S/c38-33-32(42-34(35-27-12-5-2-6-13-27)36(33)22-24-9-3-1-4-10-24)21-30-29-14-8-7-11-26(29)17-20-31(30)41-23-25-15-18-28(19-16-25)37(39)40/h1-21H,22-23H2/b32-21+,35-34?. The second-order valence-corrected chi connectivity index (χ2v) is 10.6. The molecule has 1 aliphatic heterocycles. The van der Waals surface area contributed by atoms with E-state index in [-0.39, 0.29) is 18.2 Å². The highest BCUT2D eigenvalue weighted by atomic mass is 32.2. The van der Waals surface area contributed by atoms with E-state index in [9.17, 15) is 14.9 Å². The fraction of sp³-hybridized carbons (Fsp3) is 0.0588. The first kappa shape index (κ1) is 27.0. The van der Waals surface area contributed by atoms with Crippen LogP contribution in [0.3, 0.4) is 0 Å². The Morgan fingerprint density at radius 2 is 1.50 bits per heavy atom. The summed E-state index contributed by atoms with van der Waals surface area (Å²) in [4.78, 5) is 31.6. The quantitative estimate of drug-likeness (QED) is 0.107. The van der Waals surface area contributed by atoms with Crippen molar-refractivity contribution in [2.75, 3.05) is 0 Å². The summed E-state index contributed by atoms with van der Waals surface area (Å²) in [6.07, 6.45) is 1.88. The predicted molar refractivity (Wildman–Crippen MR) is 167 cm³/mol. The van der Waals surface area contributed by atoms with Gasteiger partial charge in [0.2, 0.25) is 0 Å². The van der Waals surface area contributed by atoms with Gasteiger partial charge in [-0.2, -0.15) is 0 Å². The summed E-state index contributed by atoms with van der Waals surface area (Å²) in [6.45, 7) is 0.614. The number of nitrogens with zero attached hydrogens (tertiary/aromatic N) is 3. The van der Waals surface area contributed by atoms with Crippen LogP contribution in [0.15, 0.2) is 131 Å². The van der Waals surface area contributed by atoms with Gasteiger partial charge in [-0.15, -0.1) is 0 Å². The summed E-state index contributed by atoms with van der Waals surface area (Å²) < 4.78 is 6.24. The van der Waals surface area contributed by atoms with Gasteiger partial charge in [0.05, 0.1) is 22.1 Å². The average Bonchev–Trinajstić information content (AvgIpc) is 3.30. The lowest BCUT2D eigenvalue weighted by Gasteiger charge is -2.16. The van der Waals surface area contributed by atoms with Crippen molar-refractivity contribution >= 4 is 51.1 Å². The van der Waals surface area contributed by atoms with Crippen LogP contribution in [0.2, 0.25) is 0 Å². The van der Waals surface area contributed by atoms with Crippen LogP contribution in [0.1, 0.15) is 16.7 Å². The highest BCUT2D eigenvalue weighted by Crippen LogP contribution is 2.38.